The Labute approximate surface area is 219 Å². The van der Waals surface area contributed by atoms with E-state index in [1.807, 2.05) is 21.7 Å². The van der Waals surface area contributed by atoms with Crippen molar-refractivity contribution in [3.8, 4) is 6.07 Å². The molecule has 11 heteroatoms. The Balaban J connectivity index is 1.50. The van der Waals surface area contributed by atoms with Gasteiger partial charge in [0.05, 0.1) is 36.7 Å². The summed E-state index contributed by atoms with van der Waals surface area (Å²) in [5.74, 6) is 0. The van der Waals surface area contributed by atoms with Crippen LogP contribution in [-0.2, 0) is 30.4 Å². The first-order valence-electron chi connectivity index (χ1n) is 11.8. The number of rotatable bonds is 8. The van der Waals surface area contributed by atoms with E-state index in [1.165, 1.54) is 12.1 Å². The van der Waals surface area contributed by atoms with Gasteiger partial charge >= 0.3 is 6.18 Å². The van der Waals surface area contributed by atoms with Gasteiger partial charge in [-0.25, -0.2) is 9.99 Å². The lowest BCUT2D eigenvalue weighted by atomic mass is 10.1. The average molecular weight is 529 g/mol. The molecule has 4 rings (SSSR count). The summed E-state index contributed by atoms with van der Waals surface area (Å²) in [5, 5.41) is 11.3. The number of morpholine rings is 1. The Morgan fingerprint density at radius 2 is 1.86 bits per heavy atom. The fourth-order valence-corrected chi connectivity index (χ4v) is 4.39. The van der Waals surface area contributed by atoms with Gasteiger partial charge in [0.1, 0.15) is 0 Å². The molecular weight excluding hydrogens is 501 g/mol. The number of nitrogens with zero attached hydrogens (tertiary/aromatic N) is 5. The fraction of sp³-hybridized carbons (Fsp3) is 0.346. The molecule has 0 aliphatic carbocycles. The van der Waals surface area contributed by atoms with Gasteiger partial charge in [0.15, 0.2) is 5.11 Å². The van der Waals surface area contributed by atoms with Crippen molar-refractivity contribution in [3.63, 3.8) is 0 Å². The summed E-state index contributed by atoms with van der Waals surface area (Å²) in [6.07, 6.45) is -0.457. The molecule has 0 spiro atoms. The van der Waals surface area contributed by atoms with Gasteiger partial charge in [-0.15, -0.1) is 0 Å². The number of benzene rings is 2. The number of thiocarbonyl (C=S) groups is 1. The minimum Gasteiger partial charge on any atom is -0.379 e. The summed E-state index contributed by atoms with van der Waals surface area (Å²) >= 11 is 5.65. The van der Waals surface area contributed by atoms with Crippen molar-refractivity contribution in [2.45, 2.75) is 25.7 Å². The number of hydrogen-bond donors (Lipinski definition) is 1. The van der Waals surface area contributed by atoms with Crippen molar-refractivity contribution < 1.29 is 17.9 Å². The van der Waals surface area contributed by atoms with Gasteiger partial charge < -0.3 is 14.2 Å². The minimum absolute atomic E-state index is 0.00954. The van der Waals surface area contributed by atoms with Gasteiger partial charge in [0, 0.05) is 51.0 Å². The van der Waals surface area contributed by atoms with Gasteiger partial charge in [0.2, 0.25) is 0 Å². The highest BCUT2D eigenvalue weighted by Crippen LogP contribution is 2.32. The van der Waals surface area contributed by atoms with Crippen molar-refractivity contribution in [3.05, 3.63) is 89.0 Å². The van der Waals surface area contributed by atoms with Gasteiger partial charge in [0.25, 0.3) is 0 Å². The molecule has 0 amide bonds. The molecule has 1 fully saturated rings. The molecule has 1 aliphatic rings. The topological polar surface area (TPSA) is 69.4 Å². The highest BCUT2D eigenvalue weighted by molar-refractivity contribution is 7.80. The van der Waals surface area contributed by atoms with Crippen LogP contribution < -0.4 is 5.43 Å². The summed E-state index contributed by atoms with van der Waals surface area (Å²) < 4.78 is 48.4. The number of halogens is 3. The van der Waals surface area contributed by atoms with Crippen LogP contribution in [0.4, 0.5) is 13.2 Å². The van der Waals surface area contributed by atoms with Crippen LogP contribution in [0.25, 0.3) is 0 Å². The lowest BCUT2D eigenvalue weighted by molar-refractivity contribution is -0.138. The van der Waals surface area contributed by atoms with Crippen LogP contribution in [0.3, 0.4) is 0 Å². The predicted molar refractivity (Wildman–Crippen MR) is 136 cm³/mol. The van der Waals surface area contributed by atoms with Gasteiger partial charge in [-0.05, 0) is 41.5 Å². The third-order valence-electron chi connectivity index (χ3n) is 6.11. The van der Waals surface area contributed by atoms with Crippen LogP contribution in [-0.4, -0.2) is 57.4 Å². The summed E-state index contributed by atoms with van der Waals surface area (Å²) in [7, 11) is 0. The number of alkyl halides is 3. The molecule has 1 aromatic heterocycles. The third kappa shape index (κ3) is 7.29. The van der Waals surface area contributed by atoms with E-state index in [9.17, 15) is 13.2 Å². The molecule has 194 valence electrons. The second-order valence-electron chi connectivity index (χ2n) is 8.66. The summed E-state index contributed by atoms with van der Waals surface area (Å²) in [6.45, 7) is 3.34. The highest BCUT2D eigenvalue weighted by atomic mass is 32.1. The number of hydrazine groups is 1. The molecule has 37 heavy (non-hydrogen) atoms. The zero-order valence-electron chi connectivity index (χ0n) is 20.1. The van der Waals surface area contributed by atoms with Crippen LogP contribution in [0.2, 0.25) is 0 Å². The van der Waals surface area contributed by atoms with Gasteiger partial charge in [-0.2, -0.15) is 18.4 Å². The minimum atomic E-state index is -4.46. The maximum Gasteiger partial charge on any atom is 0.416 e. The first-order chi connectivity index (χ1) is 17.8. The SMILES string of the molecule is N#Cc1ccc(Cn2cncc2CCN(Cc2ccccc2C(F)(F)F)C(=S)NN2CCOCC2)cc1. The zero-order valence-corrected chi connectivity index (χ0v) is 20.9. The standard InChI is InChI=1S/C26H27F3N6OS/c27-26(28,29)24-4-2-1-3-22(24)18-33(25(37)32-35-11-13-36-14-12-35)10-9-23-16-31-19-34(23)17-21-7-5-20(15-30)6-8-21/h1-8,16,19H,9-14,17-18H2,(H,32,37). The van der Waals surface area contributed by atoms with E-state index < -0.39 is 11.7 Å². The van der Waals surface area contributed by atoms with Crippen LogP contribution >= 0.6 is 12.2 Å². The first kappa shape index (κ1) is 26.6. The molecule has 0 atom stereocenters. The molecular formula is C26H27F3N6OS. The predicted octanol–water partition coefficient (Wildman–Crippen LogP) is 3.99. The lowest BCUT2D eigenvalue weighted by Crippen LogP contribution is -2.53. The number of imidazole rings is 1. The van der Waals surface area contributed by atoms with Crippen LogP contribution in [0.5, 0.6) is 0 Å². The Kier molecular flexibility index (Phi) is 8.76. The van der Waals surface area contributed by atoms with E-state index in [4.69, 9.17) is 22.2 Å². The molecule has 0 unspecified atom stereocenters. The molecule has 1 N–H and O–H groups in total. The van der Waals surface area contributed by atoms with Crippen molar-refractivity contribution >= 4 is 17.3 Å². The van der Waals surface area contributed by atoms with Gasteiger partial charge in [-0.1, -0.05) is 30.3 Å². The smallest absolute Gasteiger partial charge is 0.379 e. The first-order valence-corrected chi connectivity index (χ1v) is 12.3. The van der Waals surface area contributed by atoms with Crippen LogP contribution in [0.1, 0.15) is 27.9 Å². The summed E-state index contributed by atoms with van der Waals surface area (Å²) in [4.78, 5) is 6.03. The van der Waals surface area contributed by atoms with E-state index in [-0.39, 0.29) is 12.1 Å². The lowest BCUT2D eigenvalue weighted by Gasteiger charge is -2.33. The van der Waals surface area contributed by atoms with Crippen molar-refractivity contribution in [1.29, 1.82) is 5.26 Å². The number of aromatic nitrogens is 2. The quantitative estimate of drug-likeness (QED) is 0.444. The van der Waals surface area contributed by atoms with E-state index in [0.29, 0.717) is 56.5 Å². The Morgan fingerprint density at radius 3 is 2.57 bits per heavy atom. The number of nitrogens with one attached hydrogen (secondary N) is 1. The van der Waals surface area contributed by atoms with Crippen molar-refractivity contribution in [1.82, 2.24) is 24.9 Å². The number of hydrogen-bond acceptors (Lipinski definition) is 5. The van der Waals surface area contributed by atoms with Gasteiger partial charge in [-0.3, -0.25) is 5.43 Å². The van der Waals surface area contributed by atoms with E-state index in [0.717, 1.165) is 17.3 Å². The molecule has 1 saturated heterocycles. The maximum absolute atomic E-state index is 13.7. The van der Waals surface area contributed by atoms with Crippen LogP contribution in [0.15, 0.2) is 61.1 Å². The largest absolute Gasteiger partial charge is 0.416 e. The molecule has 1 aliphatic heterocycles. The molecule has 0 saturated carbocycles. The van der Waals surface area contributed by atoms with E-state index in [1.54, 1.807) is 35.6 Å². The molecule has 0 radical (unpaired) electrons. The van der Waals surface area contributed by atoms with E-state index in [2.05, 4.69) is 16.5 Å². The number of ether oxygens (including phenoxy) is 1. The molecule has 7 nitrogen and oxygen atoms in total. The summed E-state index contributed by atoms with van der Waals surface area (Å²) in [6, 6.07) is 15.0. The average Bonchev–Trinajstić information content (AvgIpc) is 3.34. The number of nitriles is 1. The monoisotopic (exact) mass is 528 g/mol. The Morgan fingerprint density at radius 1 is 1.14 bits per heavy atom. The third-order valence-corrected chi connectivity index (χ3v) is 6.46. The second-order valence-corrected chi connectivity index (χ2v) is 9.05. The Hall–Kier alpha value is -3.46. The van der Waals surface area contributed by atoms with Crippen molar-refractivity contribution in [2.24, 2.45) is 0 Å². The molecule has 2 aromatic carbocycles. The second kappa shape index (κ2) is 12.2. The van der Waals surface area contributed by atoms with Crippen molar-refractivity contribution in [2.75, 3.05) is 32.8 Å². The maximum atomic E-state index is 13.7. The Bertz CT molecular complexity index is 1230. The normalized spacial score (nSPS) is 14.2. The molecule has 2 heterocycles. The van der Waals surface area contributed by atoms with E-state index >= 15 is 0 Å². The molecule has 3 aromatic rings. The van der Waals surface area contributed by atoms with Crippen LogP contribution in [0, 0.1) is 11.3 Å². The zero-order chi connectivity index (χ0) is 26.3. The fourth-order valence-electron chi connectivity index (χ4n) is 4.10. The summed E-state index contributed by atoms with van der Waals surface area (Å²) in [5.41, 5.74) is 5.19. The molecule has 0 bridgehead atoms. The highest BCUT2D eigenvalue weighted by Gasteiger charge is 2.33.